The second kappa shape index (κ2) is 6.54. The first-order valence-corrected chi connectivity index (χ1v) is 5.05. The molecule has 0 aromatic rings. The molecule has 0 heterocycles. The third-order valence-corrected chi connectivity index (χ3v) is 2.89. The number of hydrogen-bond acceptors (Lipinski definition) is 4. The van der Waals surface area contributed by atoms with Gasteiger partial charge in [0, 0.05) is 0 Å². The maximum absolute atomic E-state index is 11.0. The van der Waals surface area contributed by atoms with Gasteiger partial charge in [-0.05, 0) is 6.42 Å². The Kier molecular flexibility index (Phi) is 6.55. The fourth-order valence-electron chi connectivity index (χ4n) is 0.916. The van der Waals surface area contributed by atoms with Crippen molar-refractivity contribution in [3.05, 3.63) is 0 Å². The molecule has 0 aromatic heterocycles. The van der Waals surface area contributed by atoms with Crippen molar-refractivity contribution in [3.8, 4) is 0 Å². The second-order valence-electron chi connectivity index (χ2n) is 2.50. The molecule has 0 saturated carbocycles. The standard InChI is InChI=1S/C7H16O4S/c1-3-4-6(9)7(5-8)12(10)11-2/h6-9H,3-5H2,1-2H3. The minimum Gasteiger partial charge on any atom is -0.395 e. The van der Waals surface area contributed by atoms with Gasteiger partial charge in [0.15, 0.2) is 11.1 Å². The van der Waals surface area contributed by atoms with Gasteiger partial charge in [-0.2, -0.15) is 0 Å². The first-order valence-electron chi connectivity index (χ1n) is 3.91. The lowest BCUT2D eigenvalue weighted by Crippen LogP contribution is -2.34. The van der Waals surface area contributed by atoms with Gasteiger partial charge in [-0.3, -0.25) is 4.18 Å². The molecule has 0 spiro atoms. The Bertz CT molecular complexity index is 139. The summed E-state index contributed by atoms with van der Waals surface area (Å²) in [7, 11) is 1.29. The molecule has 0 aromatic carbocycles. The Morgan fingerprint density at radius 3 is 2.50 bits per heavy atom. The van der Waals surface area contributed by atoms with Crippen molar-refractivity contribution >= 4 is 11.1 Å². The van der Waals surface area contributed by atoms with E-state index in [4.69, 9.17) is 5.11 Å². The zero-order valence-electron chi connectivity index (χ0n) is 7.40. The minimum atomic E-state index is -1.60. The average molecular weight is 196 g/mol. The number of rotatable bonds is 6. The molecule has 74 valence electrons. The van der Waals surface area contributed by atoms with E-state index in [2.05, 4.69) is 4.18 Å². The van der Waals surface area contributed by atoms with Crippen LogP contribution in [0.4, 0.5) is 0 Å². The highest BCUT2D eigenvalue weighted by Crippen LogP contribution is 2.08. The minimum absolute atomic E-state index is 0.318. The average Bonchev–Trinajstić information content (AvgIpc) is 2.06. The highest BCUT2D eigenvalue weighted by Gasteiger charge is 2.24. The van der Waals surface area contributed by atoms with Gasteiger partial charge in [-0.15, -0.1) is 0 Å². The fourth-order valence-corrected chi connectivity index (χ4v) is 1.68. The summed E-state index contributed by atoms with van der Waals surface area (Å²) in [5.41, 5.74) is 0. The number of aliphatic hydroxyl groups excluding tert-OH is 2. The van der Waals surface area contributed by atoms with E-state index in [0.29, 0.717) is 6.42 Å². The van der Waals surface area contributed by atoms with Crippen LogP contribution in [0.5, 0.6) is 0 Å². The largest absolute Gasteiger partial charge is 0.395 e. The summed E-state index contributed by atoms with van der Waals surface area (Å²) < 4.78 is 15.6. The maximum Gasteiger partial charge on any atom is 0.163 e. The summed E-state index contributed by atoms with van der Waals surface area (Å²) in [5.74, 6) is 0. The summed E-state index contributed by atoms with van der Waals surface area (Å²) in [5, 5.41) is 17.5. The van der Waals surface area contributed by atoms with Gasteiger partial charge in [0.2, 0.25) is 0 Å². The van der Waals surface area contributed by atoms with Crippen LogP contribution in [0, 0.1) is 0 Å². The lowest BCUT2D eigenvalue weighted by atomic mass is 10.1. The van der Waals surface area contributed by atoms with E-state index in [1.807, 2.05) is 6.92 Å². The summed E-state index contributed by atoms with van der Waals surface area (Å²) in [6.45, 7) is 1.59. The SMILES string of the molecule is CCCC(O)C(CO)S(=O)OC. The van der Waals surface area contributed by atoms with E-state index in [0.717, 1.165) is 6.42 Å². The molecule has 5 heteroatoms. The van der Waals surface area contributed by atoms with Gasteiger partial charge in [0.05, 0.1) is 19.8 Å². The molecule has 0 aliphatic rings. The van der Waals surface area contributed by atoms with Crippen LogP contribution in [-0.2, 0) is 15.3 Å². The predicted octanol–water partition coefficient (Wildman–Crippen LogP) is -0.182. The fraction of sp³-hybridized carbons (Fsp3) is 1.00. The van der Waals surface area contributed by atoms with Crippen molar-refractivity contribution in [2.24, 2.45) is 0 Å². The Hall–Kier alpha value is 0.0300. The molecule has 2 N–H and O–H groups in total. The zero-order valence-corrected chi connectivity index (χ0v) is 8.21. The molecule has 0 saturated heterocycles. The maximum atomic E-state index is 11.0. The Morgan fingerprint density at radius 2 is 2.17 bits per heavy atom. The molecule has 0 bridgehead atoms. The monoisotopic (exact) mass is 196 g/mol. The number of hydrogen-bond donors (Lipinski definition) is 2. The van der Waals surface area contributed by atoms with Crippen LogP contribution >= 0.6 is 0 Å². The van der Waals surface area contributed by atoms with E-state index in [9.17, 15) is 9.32 Å². The summed E-state index contributed by atoms with van der Waals surface area (Å²) in [6.07, 6.45) is 0.569. The second-order valence-corrected chi connectivity index (χ2v) is 3.96. The molecule has 0 rings (SSSR count). The van der Waals surface area contributed by atoms with Gasteiger partial charge in [0.25, 0.3) is 0 Å². The number of aliphatic hydroxyl groups is 2. The van der Waals surface area contributed by atoms with E-state index in [1.165, 1.54) is 7.11 Å². The summed E-state index contributed by atoms with van der Waals surface area (Å²) in [4.78, 5) is 0. The van der Waals surface area contributed by atoms with E-state index < -0.39 is 22.4 Å². The molecule has 4 nitrogen and oxygen atoms in total. The van der Waals surface area contributed by atoms with Crippen molar-refractivity contribution in [1.29, 1.82) is 0 Å². The van der Waals surface area contributed by atoms with E-state index in [1.54, 1.807) is 0 Å². The molecule has 0 fully saturated rings. The van der Waals surface area contributed by atoms with Crippen LogP contribution in [0.15, 0.2) is 0 Å². The first kappa shape index (κ1) is 12.0. The van der Waals surface area contributed by atoms with Crippen LogP contribution in [-0.4, -0.2) is 39.5 Å². The Balaban J connectivity index is 4.03. The van der Waals surface area contributed by atoms with Crippen LogP contribution in [0.2, 0.25) is 0 Å². The predicted molar refractivity (Wildman–Crippen MR) is 46.9 cm³/mol. The highest BCUT2D eigenvalue weighted by atomic mass is 32.2. The zero-order chi connectivity index (χ0) is 9.56. The van der Waals surface area contributed by atoms with Crippen molar-refractivity contribution in [3.63, 3.8) is 0 Å². The van der Waals surface area contributed by atoms with E-state index in [-0.39, 0.29) is 6.61 Å². The third-order valence-electron chi connectivity index (χ3n) is 1.61. The smallest absolute Gasteiger partial charge is 0.163 e. The Morgan fingerprint density at radius 1 is 1.58 bits per heavy atom. The van der Waals surface area contributed by atoms with Crippen LogP contribution < -0.4 is 0 Å². The van der Waals surface area contributed by atoms with Gasteiger partial charge < -0.3 is 10.2 Å². The van der Waals surface area contributed by atoms with E-state index >= 15 is 0 Å². The molecule has 3 unspecified atom stereocenters. The molecule has 0 amide bonds. The van der Waals surface area contributed by atoms with Crippen molar-refractivity contribution < 1.29 is 18.6 Å². The quantitative estimate of drug-likeness (QED) is 0.618. The molecule has 0 radical (unpaired) electrons. The molecule has 12 heavy (non-hydrogen) atoms. The van der Waals surface area contributed by atoms with Gasteiger partial charge in [-0.25, -0.2) is 4.21 Å². The molecular formula is C7H16O4S. The van der Waals surface area contributed by atoms with Crippen LogP contribution in [0.25, 0.3) is 0 Å². The summed E-state index contributed by atoms with van der Waals surface area (Å²) in [6, 6.07) is 0. The van der Waals surface area contributed by atoms with Crippen molar-refractivity contribution in [2.75, 3.05) is 13.7 Å². The lowest BCUT2D eigenvalue weighted by Gasteiger charge is -2.17. The molecule has 3 atom stereocenters. The topological polar surface area (TPSA) is 66.8 Å². The first-order chi connectivity index (χ1) is 5.67. The van der Waals surface area contributed by atoms with Gasteiger partial charge in [-0.1, -0.05) is 13.3 Å². The molecular weight excluding hydrogens is 180 g/mol. The third kappa shape index (κ3) is 3.62. The highest BCUT2D eigenvalue weighted by molar-refractivity contribution is 7.80. The lowest BCUT2D eigenvalue weighted by molar-refractivity contribution is 0.126. The Labute approximate surface area is 75.2 Å². The van der Waals surface area contributed by atoms with Gasteiger partial charge in [0.1, 0.15) is 5.25 Å². The summed E-state index contributed by atoms with van der Waals surface area (Å²) >= 11 is -1.60. The van der Waals surface area contributed by atoms with Crippen molar-refractivity contribution in [1.82, 2.24) is 0 Å². The van der Waals surface area contributed by atoms with Crippen LogP contribution in [0.3, 0.4) is 0 Å². The molecule has 0 aliphatic carbocycles. The van der Waals surface area contributed by atoms with Crippen molar-refractivity contribution in [2.45, 2.75) is 31.1 Å². The normalized spacial score (nSPS) is 18.7. The van der Waals surface area contributed by atoms with Crippen LogP contribution in [0.1, 0.15) is 19.8 Å². The van der Waals surface area contributed by atoms with Gasteiger partial charge >= 0.3 is 0 Å². The molecule has 0 aliphatic heterocycles.